The second-order valence-electron chi connectivity index (χ2n) is 7.41. The number of nitrogens with one attached hydrogen (secondary N) is 2. The Hall–Kier alpha value is -3.56. The fraction of sp³-hybridized carbons (Fsp3) is 0.455. The minimum atomic E-state index is -0.310. The van der Waals surface area contributed by atoms with Crippen molar-refractivity contribution >= 4 is 23.6 Å². The van der Waals surface area contributed by atoms with Crippen LogP contribution < -0.4 is 15.4 Å². The molecule has 2 aromatic rings. The van der Waals surface area contributed by atoms with Crippen molar-refractivity contribution in [2.75, 3.05) is 31.6 Å². The first-order chi connectivity index (χ1) is 15.5. The van der Waals surface area contributed by atoms with E-state index in [0.717, 1.165) is 0 Å². The predicted molar refractivity (Wildman–Crippen MR) is 117 cm³/mol. The molecule has 2 heterocycles. The van der Waals surface area contributed by atoms with Crippen LogP contribution in [-0.4, -0.2) is 64.9 Å². The third kappa shape index (κ3) is 7.29. The quantitative estimate of drug-likeness (QED) is 0.613. The molecule has 0 aliphatic carbocycles. The molecule has 1 aliphatic rings. The van der Waals surface area contributed by atoms with Crippen LogP contribution in [-0.2, 0) is 20.9 Å². The standard InChI is InChI=1S/C22H29N5O5/c1-2-31-22(30)26-11-8-17(9-12-26)24-21(29)16-27-15-18(14-23-27)25-20(28)10-13-32-19-6-4-3-5-7-19/h3-7,14-15,17H,2,8-13,16H2,1H3,(H,24,29)(H,25,28). The van der Waals surface area contributed by atoms with Gasteiger partial charge in [0.2, 0.25) is 11.8 Å². The van der Waals surface area contributed by atoms with Gasteiger partial charge in [-0.15, -0.1) is 0 Å². The van der Waals surface area contributed by atoms with Gasteiger partial charge in [-0.05, 0) is 31.9 Å². The molecular formula is C22H29N5O5. The summed E-state index contributed by atoms with van der Waals surface area (Å²) >= 11 is 0. The van der Waals surface area contributed by atoms with Crippen molar-refractivity contribution in [2.24, 2.45) is 0 Å². The number of carbonyl (C=O) groups excluding carboxylic acids is 3. The minimum absolute atomic E-state index is 0.00697. The summed E-state index contributed by atoms with van der Waals surface area (Å²) in [5.74, 6) is 0.348. The van der Waals surface area contributed by atoms with E-state index in [2.05, 4.69) is 15.7 Å². The number of piperidine rings is 1. The largest absolute Gasteiger partial charge is 0.493 e. The number of hydrogen-bond donors (Lipinski definition) is 2. The first-order valence-corrected chi connectivity index (χ1v) is 10.7. The van der Waals surface area contributed by atoms with E-state index in [0.29, 0.717) is 44.0 Å². The van der Waals surface area contributed by atoms with Crippen LogP contribution in [0.4, 0.5) is 10.5 Å². The zero-order valence-corrected chi connectivity index (χ0v) is 18.2. The summed E-state index contributed by atoms with van der Waals surface area (Å²) in [4.78, 5) is 37.8. The molecule has 3 amide bonds. The molecule has 10 nitrogen and oxygen atoms in total. The lowest BCUT2D eigenvalue weighted by Gasteiger charge is -2.31. The third-order valence-electron chi connectivity index (χ3n) is 4.95. The number of likely N-dealkylation sites (tertiary alicyclic amines) is 1. The number of amides is 3. The van der Waals surface area contributed by atoms with Crippen LogP contribution in [0.3, 0.4) is 0 Å². The fourth-order valence-corrected chi connectivity index (χ4v) is 3.36. The predicted octanol–water partition coefficient (Wildman–Crippen LogP) is 2.03. The Balaban J connectivity index is 1.35. The van der Waals surface area contributed by atoms with Crippen molar-refractivity contribution in [3.63, 3.8) is 0 Å². The maximum Gasteiger partial charge on any atom is 0.409 e. The van der Waals surface area contributed by atoms with Crippen LogP contribution in [0, 0.1) is 0 Å². The Morgan fingerprint density at radius 3 is 2.59 bits per heavy atom. The highest BCUT2D eigenvalue weighted by molar-refractivity contribution is 5.90. The topological polar surface area (TPSA) is 115 Å². The summed E-state index contributed by atoms with van der Waals surface area (Å²) in [7, 11) is 0. The highest BCUT2D eigenvalue weighted by Gasteiger charge is 2.24. The highest BCUT2D eigenvalue weighted by Crippen LogP contribution is 2.12. The Morgan fingerprint density at radius 1 is 1.12 bits per heavy atom. The minimum Gasteiger partial charge on any atom is -0.493 e. The molecule has 0 radical (unpaired) electrons. The molecule has 0 unspecified atom stereocenters. The van der Waals surface area contributed by atoms with Gasteiger partial charge >= 0.3 is 6.09 Å². The zero-order valence-electron chi connectivity index (χ0n) is 18.2. The second-order valence-corrected chi connectivity index (χ2v) is 7.41. The Bertz CT molecular complexity index is 893. The van der Waals surface area contributed by atoms with Crippen molar-refractivity contribution in [1.82, 2.24) is 20.0 Å². The maximum atomic E-state index is 12.3. The normalized spacial score (nSPS) is 14.0. The number of para-hydroxylation sites is 1. The third-order valence-corrected chi connectivity index (χ3v) is 4.95. The van der Waals surface area contributed by atoms with Gasteiger partial charge < -0.3 is 25.0 Å². The summed E-state index contributed by atoms with van der Waals surface area (Å²) in [5.41, 5.74) is 0.519. The van der Waals surface area contributed by atoms with E-state index in [1.54, 1.807) is 18.0 Å². The molecule has 1 aromatic carbocycles. The van der Waals surface area contributed by atoms with E-state index in [1.165, 1.54) is 10.9 Å². The van der Waals surface area contributed by atoms with Crippen LogP contribution >= 0.6 is 0 Å². The van der Waals surface area contributed by atoms with Gasteiger partial charge in [0, 0.05) is 25.3 Å². The average Bonchev–Trinajstić information content (AvgIpc) is 3.21. The molecule has 32 heavy (non-hydrogen) atoms. The van der Waals surface area contributed by atoms with Gasteiger partial charge in [-0.3, -0.25) is 14.3 Å². The number of carbonyl (C=O) groups is 3. The Labute approximate surface area is 186 Å². The average molecular weight is 444 g/mol. The van der Waals surface area contributed by atoms with Crippen molar-refractivity contribution < 1.29 is 23.9 Å². The smallest absolute Gasteiger partial charge is 0.409 e. The summed E-state index contributed by atoms with van der Waals surface area (Å²) < 4.78 is 12.0. The molecule has 10 heteroatoms. The van der Waals surface area contributed by atoms with Crippen LogP contribution in [0.5, 0.6) is 5.75 Å². The van der Waals surface area contributed by atoms with Crippen molar-refractivity contribution in [2.45, 2.75) is 38.8 Å². The molecule has 172 valence electrons. The van der Waals surface area contributed by atoms with Gasteiger partial charge in [0.25, 0.3) is 0 Å². The van der Waals surface area contributed by atoms with E-state index in [1.807, 2.05) is 30.3 Å². The van der Waals surface area contributed by atoms with Crippen molar-refractivity contribution in [1.29, 1.82) is 0 Å². The molecule has 0 bridgehead atoms. The molecule has 1 saturated heterocycles. The number of nitrogens with zero attached hydrogens (tertiary/aromatic N) is 3. The van der Waals surface area contributed by atoms with Crippen LogP contribution in [0.2, 0.25) is 0 Å². The van der Waals surface area contributed by atoms with E-state index in [9.17, 15) is 14.4 Å². The zero-order chi connectivity index (χ0) is 22.8. The number of ether oxygens (including phenoxy) is 2. The van der Waals surface area contributed by atoms with Gasteiger partial charge in [0.15, 0.2) is 0 Å². The van der Waals surface area contributed by atoms with Gasteiger partial charge in [-0.1, -0.05) is 18.2 Å². The van der Waals surface area contributed by atoms with Gasteiger partial charge in [0.05, 0.1) is 31.5 Å². The molecular weight excluding hydrogens is 414 g/mol. The first-order valence-electron chi connectivity index (χ1n) is 10.7. The lowest BCUT2D eigenvalue weighted by atomic mass is 10.1. The Kier molecular flexibility index (Phi) is 8.47. The maximum absolute atomic E-state index is 12.3. The van der Waals surface area contributed by atoms with E-state index >= 15 is 0 Å². The lowest BCUT2D eigenvalue weighted by Crippen LogP contribution is -2.47. The summed E-state index contributed by atoms with van der Waals surface area (Å²) in [6, 6.07) is 9.30. The van der Waals surface area contributed by atoms with E-state index < -0.39 is 0 Å². The molecule has 3 rings (SSSR count). The molecule has 0 saturated carbocycles. The van der Waals surface area contributed by atoms with Gasteiger partial charge in [-0.25, -0.2) is 4.79 Å². The molecule has 0 atom stereocenters. The van der Waals surface area contributed by atoms with Gasteiger partial charge in [-0.2, -0.15) is 5.10 Å². The summed E-state index contributed by atoms with van der Waals surface area (Å²) in [6.45, 7) is 3.54. The Morgan fingerprint density at radius 2 is 1.88 bits per heavy atom. The molecule has 0 spiro atoms. The van der Waals surface area contributed by atoms with Crippen LogP contribution in [0.15, 0.2) is 42.7 Å². The lowest BCUT2D eigenvalue weighted by molar-refractivity contribution is -0.122. The summed E-state index contributed by atoms with van der Waals surface area (Å²) in [6.07, 6.45) is 4.35. The van der Waals surface area contributed by atoms with Gasteiger partial charge in [0.1, 0.15) is 12.3 Å². The number of aromatic nitrogens is 2. The van der Waals surface area contributed by atoms with Crippen molar-refractivity contribution in [3.05, 3.63) is 42.7 Å². The molecule has 1 aromatic heterocycles. The molecule has 1 aliphatic heterocycles. The number of rotatable bonds is 9. The van der Waals surface area contributed by atoms with E-state index in [4.69, 9.17) is 9.47 Å². The number of anilines is 1. The highest BCUT2D eigenvalue weighted by atomic mass is 16.6. The van der Waals surface area contributed by atoms with Crippen LogP contribution in [0.25, 0.3) is 0 Å². The molecule has 2 N–H and O–H groups in total. The second kappa shape index (κ2) is 11.7. The van der Waals surface area contributed by atoms with E-state index in [-0.39, 0.29) is 43.5 Å². The number of hydrogen-bond acceptors (Lipinski definition) is 6. The summed E-state index contributed by atoms with van der Waals surface area (Å²) in [5, 5.41) is 9.84. The monoisotopic (exact) mass is 443 g/mol. The van der Waals surface area contributed by atoms with Crippen molar-refractivity contribution in [3.8, 4) is 5.75 Å². The number of benzene rings is 1. The fourth-order valence-electron chi connectivity index (χ4n) is 3.36. The SMILES string of the molecule is CCOC(=O)N1CCC(NC(=O)Cn2cc(NC(=O)CCOc3ccccc3)cn2)CC1. The first kappa shape index (κ1) is 23.1. The molecule has 1 fully saturated rings. The van der Waals surface area contributed by atoms with Crippen LogP contribution in [0.1, 0.15) is 26.2 Å².